The molecule has 73 heavy (non-hydrogen) atoms. The van der Waals surface area contributed by atoms with Crippen LogP contribution in [0.5, 0.6) is 0 Å². The standard InChI is InChI=1S/C21H23FN6O3S.C21H22FN5O3S.C6H4ClN3/c1-13(29)12-28-10-7-19(26-28)32(23,31)27-21(30)25-20-16-4-2-3-15(16)18(22)11-17(20)14-5-8-24-9-6-14;1-13(28)12-27-10-7-19(25-27)31(30)26-21(29)24-20-16-4-2-3-15(16)18(22)11-17(20)14-5-8-23-9-6-14;7-10-6-4-2-1-3-5(6)8-9-10/h5-11,13,29H,2-4,12H2,1H3,(H3,23,25,27,30,31);5-11,13,28H,2-4,12H2,1H3,(H2,24,26,29);1-4H/t13-,32?;13-,31?;/m11./s1. The molecule has 25 heteroatoms. The fourth-order valence-corrected chi connectivity index (χ4v) is 10.1. The Hall–Kier alpha value is -7.51. The van der Waals surface area contributed by atoms with Crippen molar-refractivity contribution in [2.45, 2.75) is 87.7 Å². The van der Waals surface area contributed by atoms with Crippen molar-refractivity contribution in [2.75, 3.05) is 10.6 Å². The molecule has 5 heterocycles. The van der Waals surface area contributed by atoms with Gasteiger partial charge < -0.3 is 20.8 Å². The molecule has 8 aromatic rings. The maximum absolute atomic E-state index is 14.7. The Morgan fingerprint density at radius 2 is 1.26 bits per heavy atom. The van der Waals surface area contributed by atoms with Crippen LogP contribution in [-0.2, 0) is 59.7 Å². The summed E-state index contributed by atoms with van der Waals surface area (Å²) in [5.74, 6) is -0.624. The maximum Gasteiger partial charge on any atom is 0.332 e. The minimum Gasteiger partial charge on any atom is -0.391 e. The van der Waals surface area contributed by atoms with E-state index in [1.807, 2.05) is 24.3 Å². The number of aliphatic hydroxyl groups excluding tert-OH is 2. The van der Waals surface area contributed by atoms with Gasteiger partial charge in [-0.15, -0.1) is 5.10 Å². The number of halogens is 3. The third kappa shape index (κ3) is 12.6. The van der Waals surface area contributed by atoms with Gasteiger partial charge in [0, 0.05) is 60.1 Å². The van der Waals surface area contributed by atoms with Crippen molar-refractivity contribution in [2.24, 2.45) is 0 Å². The van der Waals surface area contributed by atoms with Crippen molar-refractivity contribution in [1.82, 2.24) is 53.5 Å². The lowest BCUT2D eigenvalue weighted by atomic mass is 9.97. The van der Waals surface area contributed by atoms with E-state index in [0.29, 0.717) is 70.4 Å². The third-order valence-corrected chi connectivity index (χ3v) is 14.0. The van der Waals surface area contributed by atoms with Crippen LogP contribution in [0.2, 0.25) is 0 Å². The average Bonchev–Trinajstić information content (AvgIpc) is 4.23. The Kier molecular flexibility index (Phi) is 16.3. The maximum atomic E-state index is 14.7. The number of urea groups is 2. The normalized spacial score (nSPS) is 14.5. The molecule has 20 nitrogen and oxygen atoms in total. The van der Waals surface area contributed by atoms with Crippen LogP contribution in [-0.4, -0.2) is 86.9 Å². The molecule has 2 unspecified atom stereocenters. The lowest BCUT2D eigenvalue weighted by Gasteiger charge is -2.17. The zero-order valence-corrected chi connectivity index (χ0v) is 41.6. The number of nitrogens with zero attached hydrogens (tertiary/aromatic N) is 9. The Morgan fingerprint density at radius 3 is 1.81 bits per heavy atom. The molecule has 5 aromatic heterocycles. The highest BCUT2D eigenvalue weighted by atomic mass is 35.5. The van der Waals surface area contributed by atoms with Gasteiger partial charge in [0.05, 0.1) is 36.7 Å². The Bertz CT molecular complexity index is 3410. The predicted molar refractivity (Wildman–Crippen MR) is 270 cm³/mol. The molecule has 380 valence electrons. The fraction of sp³-hybridized carbons (Fsp3) is 0.250. The van der Waals surface area contributed by atoms with Gasteiger partial charge in [-0.1, -0.05) is 12.1 Å². The minimum absolute atomic E-state index is 0.132. The second-order valence-electron chi connectivity index (χ2n) is 17.0. The SMILES string of the molecule is C[C@@H](O)Cn1ccc(S(=N)(=O)NC(=O)Nc2c(-c3ccncc3)cc(F)c3c2CCC3)n1.C[C@@H](O)Cn1ccc(S(=O)NC(=O)Nc2c(-c3ccncc3)cc(F)c3c2CCC3)n1.Cln1nnc2ccccc21. The molecular weight excluding hydrogens is 1010 g/mol. The molecule has 4 amide bonds. The number of anilines is 2. The largest absolute Gasteiger partial charge is 0.391 e. The summed E-state index contributed by atoms with van der Waals surface area (Å²) < 4.78 is 71.4. The van der Waals surface area contributed by atoms with Gasteiger partial charge in [-0.05, 0) is 152 Å². The second kappa shape index (κ2) is 22.9. The number of aromatic nitrogens is 9. The van der Waals surface area contributed by atoms with E-state index in [1.165, 1.54) is 44.0 Å². The van der Waals surface area contributed by atoms with Crippen molar-refractivity contribution in [3.05, 3.63) is 144 Å². The van der Waals surface area contributed by atoms with Crippen LogP contribution in [0.1, 0.15) is 48.9 Å². The number of fused-ring (bicyclic) bond motifs is 3. The summed E-state index contributed by atoms with van der Waals surface area (Å²) in [5, 5.41) is 39.9. The molecule has 10 rings (SSSR count). The number of carbonyl (C=O) groups excluding carboxylic acids is 2. The quantitative estimate of drug-likeness (QED) is 0.0634. The summed E-state index contributed by atoms with van der Waals surface area (Å²) in [5.41, 5.74) is 7.63. The Morgan fingerprint density at radius 1 is 0.753 bits per heavy atom. The van der Waals surface area contributed by atoms with Gasteiger partial charge in [0.2, 0.25) is 0 Å². The Labute approximate surface area is 425 Å². The van der Waals surface area contributed by atoms with Gasteiger partial charge in [0.25, 0.3) is 0 Å². The van der Waals surface area contributed by atoms with Crippen LogP contribution in [0.4, 0.5) is 29.7 Å². The molecule has 2 aliphatic rings. The smallest absolute Gasteiger partial charge is 0.332 e. The first kappa shape index (κ1) is 51.8. The van der Waals surface area contributed by atoms with E-state index in [1.54, 1.807) is 69.1 Å². The first-order valence-electron chi connectivity index (χ1n) is 22.8. The van der Waals surface area contributed by atoms with Crippen molar-refractivity contribution in [3.8, 4) is 22.3 Å². The van der Waals surface area contributed by atoms with Gasteiger partial charge >= 0.3 is 12.1 Å². The predicted octanol–water partition coefficient (Wildman–Crippen LogP) is 7.33. The number of hydrogen-bond acceptors (Lipinski definition) is 13. The van der Waals surface area contributed by atoms with Gasteiger partial charge in [-0.25, -0.2) is 36.3 Å². The monoisotopic (exact) mass is 1050 g/mol. The van der Waals surface area contributed by atoms with E-state index in [4.69, 9.17) is 16.6 Å². The molecule has 2 aliphatic carbocycles. The summed E-state index contributed by atoms with van der Waals surface area (Å²) in [6.45, 7) is 3.61. The second-order valence-corrected chi connectivity index (χ2v) is 20.2. The van der Waals surface area contributed by atoms with E-state index in [-0.39, 0.29) is 34.8 Å². The van der Waals surface area contributed by atoms with Crippen molar-refractivity contribution < 1.29 is 37.0 Å². The number of aliphatic hydroxyl groups is 2. The van der Waals surface area contributed by atoms with Crippen molar-refractivity contribution in [1.29, 1.82) is 4.78 Å². The molecule has 7 N–H and O–H groups in total. The Balaban J connectivity index is 0.000000163. The number of amides is 4. The topological polar surface area (TPSA) is 273 Å². The lowest BCUT2D eigenvalue weighted by molar-refractivity contribution is 0.167. The molecule has 0 fully saturated rings. The fourth-order valence-electron chi connectivity index (χ4n) is 8.39. The van der Waals surface area contributed by atoms with E-state index in [2.05, 4.69) is 50.6 Å². The van der Waals surface area contributed by atoms with Gasteiger partial charge in [0.15, 0.2) is 31.0 Å². The van der Waals surface area contributed by atoms with Crippen LogP contribution in [0.3, 0.4) is 0 Å². The number of rotatable bonds is 12. The number of benzene rings is 3. The highest BCUT2D eigenvalue weighted by molar-refractivity contribution is 7.91. The summed E-state index contributed by atoms with van der Waals surface area (Å²) in [6.07, 6.45) is 12.1. The molecule has 0 radical (unpaired) electrons. The average molecular weight is 1060 g/mol. The van der Waals surface area contributed by atoms with Crippen molar-refractivity contribution in [3.63, 3.8) is 0 Å². The molecule has 3 aromatic carbocycles. The number of nitrogens with one attached hydrogen (secondary N) is 5. The first-order valence-corrected chi connectivity index (χ1v) is 25.8. The summed E-state index contributed by atoms with van der Waals surface area (Å²) in [7, 11) is -5.65. The number of pyridine rings is 2. The van der Waals surface area contributed by atoms with E-state index >= 15 is 0 Å². The number of para-hydroxylation sites is 1. The van der Waals surface area contributed by atoms with Crippen molar-refractivity contribution >= 4 is 67.1 Å². The van der Waals surface area contributed by atoms with Gasteiger partial charge in [-0.3, -0.25) is 24.1 Å². The molecular formula is C48H49ClF2N14O6S2. The molecule has 0 saturated heterocycles. The first-order chi connectivity index (χ1) is 35.0. The van der Waals surface area contributed by atoms with Crippen LogP contribution in [0, 0.1) is 16.4 Å². The number of carbonyl (C=O) groups is 2. The van der Waals surface area contributed by atoms with Crippen LogP contribution in [0.25, 0.3) is 33.3 Å². The molecule has 0 aliphatic heterocycles. The van der Waals surface area contributed by atoms with Crippen LogP contribution < -0.4 is 20.1 Å². The van der Waals surface area contributed by atoms with Gasteiger partial charge in [-0.2, -0.15) is 14.4 Å². The zero-order chi connectivity index (χ0) is 51.8. The van der Waals surface area contributed by atoms with Crippen LogP contribution >= 0.6 is 11.8 Å². The molecule has 0 bridgehead atoms. The summed E-state index contributed by atoms with van der Waals surface area (Å²) >= 11 is 5.62. The van der Waals surface area contributed by atoms with E-state index in [0.717, 1.165) is 35.0 Å². The van der Waals surface area contributed by atoms with Crippen LogP contribution in [0.15, 0.2) is 120 Å². The highest BCUT2D eigenvalue weighted by Crippen LogP contribution is 2.40. The molecule has 4 atom stereocenters. The lowest BCUT2D eigenvalue weighted by Crippen LogP contribution is -2.34. The zero-order valence-electron chi connectivity index (χ0n) is 39.2. The molecule has 0 spiro atoms. The highest BCUT2D eigenvalue weighted by Gasteiger charge is 2.27. The van der Waals surface area contributed by atoms with Gasteiger partial charge in [0.1, 0.15) is 22.7 Å². The number of hydrogen-bond donors (Lipinski definition) is 7. The summed E-state index contributed by atoms with van der Waals surface area (Å²) in [6, 6.07) is 18.6. The summed E-state index contributed by atoms with van der Waals surface area (Å²) in [4.78, 5) is 33.4. The molecule has 0 saturated carbocycles. The third-order valence-electron chi connectivity index (χ3n) is 11.5. The van der Waals surface area contributed by atoms with E-state index in [9.17, 15) is 37.0 Å². The minimum atomic E-state index is -3.75. The van der Waals surface area contributed by atoms with E-state index < -0.39 is 45.2 Å².